The Morgan fingerprint density at radius 3 is 2.57 bits per heavy atom. The van der Waals surface area contributed by atoms with E-state index in [2.05, 4.69) is 27.9 Å². The van der Waals surface area contributed by atoms with E-state index in [-0.39, 0.29) is 0 Å². The highest BCUT2D eigenvalue weighted by molar-refractivity contribution is 14.1. The van der Waals surface area contributed by atoms with Crippen molar-refractivity contribution in [2.75, 3.05) is 11.0 Å². The molecule has 2 aliphatic rings. The van der Waals surface area contributed by atoms with Crippen LogP contribution in [-0.2, 0) is 4.79 Å². The van der Waals surface area contributed by atoms with Crippen LogP contribution in [0.2, 0.25) is 0 Å². The molecule has 0 aromatic heterocycles. The number of amides is 1. The molecular weight excluding hydrogens is 289 g/mol. The van der Waals surface area contributed by atoms with E-state index < -0.39 is 0 Å². The van der Waals surface area contributed by atoms with Gasteiger partial charge in [0.05, 0.1) is 0 Å². The normalized spacial score (nSPS) is 33.9. The van der Waals surface area contributed by atoms with E-state index in [4.69, 9.17) is 0 Å². The topological polar surface area (TPSA) is 29.1 Å². The van der Waals surface area contributed by atoms with Gasteiger partial charge >= 0.3 is 0 Å². The number of halogens is 1. The molecule has 0 aromatic carbocycles. The van der Waals surface area contributed by atoms with Gasteiger partial charge in [0.2, 0.25) is 5.91 Å². The maximum atomic E-state index is 11.7. The summed E-state index contributed by atoms with van der Waals surface area (Å²) < 4.78 is 1.20. The van der Waals surface area contributed by atoms with Gasteiger partial charge in [0.1, 0.15) is 0 Å². The molecule has 0 aromatic rings. The Morgan fingerprint density at radius 2 is 1.93 bits per heavy atom. The molecule has 14 heavy (non-hydrogen) atoms. The first kappa shape index (κ1) is 10.7. The van der Waals surface area contributed by atoms with Crippen LogP contribution in [0, 0.1) is 17.8 Å². The Labute approximate surface area is 99.4 Å². The smallest absolute Gasteiger partial charge is 0.223 e. The third-order valence-electron chi connectivity index (χ3n) is 3.47. The van der Waals surface area contributed by atoms with E-state index in [1.807, 2.05) is 0 Å². The Kier molecular flexibility index (Phi) is 3.68. The number of nitrogens with one attached hydrogen (secondary N) is 1. The van der Waals surface area contributed by atoms with Gasteiger partial charge in [-0.1, -0.05) is 22.6 Å². The predicted octanol–water partition coefficient (Wildman–Crippen LogP) is 2.36. The second kappa shape index (κ2) is 4.81. The summed E-state index contributed by atoms with van der Waals surface area (Å²) in [4.78, 5) is 11.7. The molecule has 0 radical (unpaired) electrons. The number of unbranched alkanes of at least 4 members (excludes halogenated alkanes) is 1. The number of hydrogen-bond acceptors (Lipinski definition) is 1. The number of rotatable bonds is 5. The van der Waals surface area contributed by atoms with Gasteiger partial charge in [-0.3, -0.25) is 4.79 Å². The fourth-order valence-electron chi connectivity index (χ4n) is 2.50. The molecule has 3 heteroatoms. The Morgan fingerprint density at radius 1 is 1.21 bits per heavy atom. The molecule has 2 unspecified atom stereocenters. The Balaban J connectivity index is 1.59. The summed E-state index contributed by atoms with van der Waals surface area (Å²) in [7, 11) is 0. The maximum absolute atomic E-state index is 11.7. The van der Waals surface area contributed by atoms with Crippen molar-refractivity contribution < 1.29 is 4.79 Å². The van der Waals surface area contributed by atoms with Crippen molar-refractivity contribution in [1.29, 1.82) is 0 Å². The summed E-state index contributed by atoms with van der Waals surface area (Å²) in [5.74, 6) is 2.52. The molecule has 2 rings (SSSR count). The van der Waals surface area contributed by atoms with Gasteiger partial charge in [0.15, 0.2) is 0 Å². The van der Waals surface area contributed by atoms with Gasteiger partial charge in [-0.05, 0) is 48.4 Å². The molecule has 1 amide bonds. The first-order valence-corrected chi connectivity index (χ1v) is 7.17. The standard InChI is InChI=1S/C11H18INO/c12-3-1-2-4-13-11(14)10-6-8-5-9(8)7-10/h8-10H,1-7H2,(H,13,14). The number of carbonyl (C=O) groups is 1. The third kappa shape index (κ3) is 2.61. The number of alkyl halides is 1. The summed E-state index contributed by atoms with van der Waals surface area (Å²) in [6, 6.07) is 0. The molecule has 2 fully saturated rings. The second-order valence-corrected chi connectivity index (χ2v) is 5.69. The van der Waals surface area contributed by atoms with E-state index in [0.717, 1.165) is 24.8 Å². The first-order chi connectivity index (χ1) is 6.81. The minimum Gasteiger partial charge on any atom is -0.356 e. The number of fused-ring (bicyclic) bond motifs is 1. The Bertz CT molecular complexity index is 209. The molecule has 0 bridgehead atoms. The van der Waals surface area contributed by atoms with E-state index in [1.54, 1.807) is 0 Å². The summed E-state index contributed by atoms with van der Waals surface area (Å²) in [6.07, 6.45) is 6.09. The summed E-state index contributed by atoms with van der Waals surface area (Å²) in [5, 5.41) is 3.06. The first-order valence-electron chi connectivity index (χ1n) is 5.65. The van der Waals surface area contributed by atoms with E-state index in [9.17, 15) is 4.79 Å². The van der Waals surface area contributed by atoms with Crippen LogP contribution in [0.25, 0.3) is 0 Å². The fourth-order valence-corrected chi connectivity index (χ4v) is 3.04. The molecule has 1 N–H and O–H groups in total. The quantitative estimate of drug-likeness (QED) is 0.471. The lowest BCUT2D eigenvalue weighted by atomic mass is 10.0. The van der Waals surface area contributed by atoms with Gasteiger partial charge < -0.3 is 5.32 Å². The highest BCUT2D eigenvalue weighted by Gasteiger charge is 2.47. The summed E-state index contributed by atoms with van der Waals surface area (Å²) in [5.41, 5.74) is 0. The molecule has 2 nitrogen and oxygen atoms in total. The average Bonchev–Trinajstić information content (AvgIpc) is 2.80. The van der Waals surface area contributed by atoms with Crippen LogP contribution in [-0.4, -0.2) is 16.9 Å². The minimum atomic E-state index is 0.325. The number of hydrogen-bond donors (Lipinski definition) is 1. The van der Waals surface area contributed by atoms with Crippen LogP contribution in [0.5, 0.6) is 0 Å². The highest BCUT2D eigenvalue weighted by Crippen LogP contribution is 2.54. The lowest BCUT2D eigenvalue weighted by molar-refractivity contribution is -0.125. The van der Waals surface area contributed by atoms with Crippen molar-refractivity contribution in [3.8, 4) is 0 Å². The fraction of sp³-hybridized carbons (Fsp3) is 0.909. The average molecular weight is 307 g/mol. The Hall–Kier alpha value is 0.200. The molecule has 80 valence electrons. The molecule has 0 spiro atoms. The van der Waals surface area contributed by atoms with Crippen molar-refractivity contribution >= 4 is 28.5 Å². The molecule has 0 saturated heterocycles. The van der Waals surface area contributed by atoms with Crippen LogP contribution in [0.4, 0.5) is 0 Å². The van der Waals surface area contributed by atoms with Crippen LogP contribution >= 0.6 is 22.6 Å². The zero-order chi connectivity index (χ0) is 9.97. The molecule has 2 saturated carbocycles. The van der Waals surface area contributed by atoms with Crippen molar-refractivity contribution in [3.05, 3.63) is 0 Å². The van der Waals surface area contributed by atoms with Crippen LogP contribution in [0.15, 0.2) is 0 Å². The zero-order valence-corrected chi connectivity index (χ0v) is 10.6. The molecule has 0 heterocycles. The van der Waals surface area contributed by atoms with Crippen molar-refractivity contribution in [2.24, 2.45) is 17.8 Å². The predicted molar refractivity (Wildman–Crippen MR) is 65.5 cm³/mol. The minimum absolute atomic E-state index is 0.325. The summed E-state index contributed by atoms with van der Waals surface area (Å²) >= 11 is 2.38. The van der Waals surface area contributed by atoms with Crippen molar-refractivity contribution in [3.63, 3.8) is 0 Å². The van der Waals surface area contributed by atoms with Crippen molar-refractivity contribution in [2.45, 2.75) is 32.1 Å². The molecule has 0 aliphatic heterocycles. The van der Waals surface area contributed by atoms with Gasteiger partial charge in [0, 0.05) is 12.5 Å². The third-order valence-corrected chi connectivity index (χ3v) is 4.24. The van der Waals surface area contributed by atoms with Crippen LogP contribution < -0.4 is 5.32 Å². The maximum Gasteiger partial charge on any atom is 0.223 e. The van der Waals surface area contributed by atoms with Gasteiger partial charge in [-0.15, -0.1) is 0 Å². The largest absolute Gasteiger partial charge is 0.356 e. The van der Waals surface area contributed by atoms with E-state index >= 15 is 0 Å². The van der Waals surface area contributed by atoms with Gasteiger partial charge in [0.25, 0.3) is 0 Å². The van der Waals surface area contributed by atoms with Gasteiger partial charge in [-0.25, -0.2) is 0 Å². The lowest BCUT2D eigenvalue weighted by Crippen LogP contribution is -2.30. The zero-order valence-electron chi connectivity index (χ0n) is 8.47. The van der Waals surface area contributed by atoms with Crippen molar-refractivity contribution in [1.82, 2.24) is 5.32 Å². The second-order valence-electron chi connectivity index (χ2n) is 4.61. The van der Waals surface area contributed by atoms with E-state index in [1.165, 1.54) is 30.1 Å². The lowest BCUT2D eigenvalue weighted by Gasteiger charge is -2.11. The van der Waals surface area contributed by atoms with Gasteiger partial charge in [-0.2, -0.15) is 0 Å². The number of carbonyl (C=O) groups excluding carboxylic acids is 1. The molecule has 2 atom stereocenters. The SMILES string of the molecule is O=C(NCCCCI)C1CC2CC2C1. The monoisotopic (exact) mass is 307 g/mol. The summed E-state index contributed by atoms with van der Waals surface area (Å²) in [6.45, 7) is 0.883. The highest BCUT2D eigenvalue weighted by atomic mass is 127. The van der Waals surface area contributed by atoms with Crippen LogP contribution in [0.3, 0.4) is 0 Å². The molecular formula is C11H18INO. The van der Waals surface area contributed by atoms with Crippen LogP contribution in [0.1, 0.15) is 32.1 Å². The van der Waals surface area contributed by atoms with E-state index in [0.29, 0.717) is 11.8 Å². The molecule has 2 aliphatic carbocycles.